The van der Waals surface area contributed by atoms with Gasteiger partial charge in [0, 0.05) is 36.5 Å². The van der Waals surface area contributed by atoms with Crippen molar-refractivity contribution in [3.8, 4) is 11.3 Å². The summed E-state index contributed by atoms with van der Waals surface area (Å²) in [4.78, 5) is 34.6. The molecule has 3 rings (SSSR count). The van der Waals surface area contributed by atoms with Crippen molar-refractivity contribution in [2.75, 3.05) is 38.2 Å². The first-order valence-electron chi connectivity index (χ1n) is 10.5. The molecule has 1 amide bonds. The number of aromatic nitrogens is 1. The molecule has 1 aromatic heterocycles. The summed E-state index contributed by atoms with van der Waals surface area (Å²) in [7, 11) is 1.33. The zero-order valence-corrected chi connectivity index (χ0v) is 20.8. The number of thiazole rings is 1. The topological polar surface area (TPSA) is 88.8 Å². The Morgan fingerprint density at radius 1 is 1.28 bits per heavy atom. The minimum atomic E-state index is -0.696. The maximum atomic E-state index is 12.5. The van der Waals surface area contributed by atoms with Gasteiger partial charge >= 0.3 is 5.97 Å². The third-order valence-electron chi connectivity index (χ3n) is 5.28. The Kier molecular flexibility index (Phi) is 8.38. The molecule has 0 bridgehead atoms. The predicted octanol–water partition coefficient (Wildman–Crippen LogP) is 3.85. The molecule has 0 aliphatic carbocycles. The maximum absolute atomic E-state index is 12.5. The highest BCUT2D eigenvalue weighted by molar-refractivity contribution is 7.16. The molecule has 1 aliphatic heterocycles. The number of esters is 1. The average molecular weight is 499 g/mol. The fourth-order valence-corrected chi connectivity index (χ4v) is 5.34. The van der Waals surface area contributed by atoms with Gasteiger partial charge in [-0.25, -0.2) is 9.78 Å². The Balaban J connectivity index is 1.93. The number of amides is 1. The van der Waals surface area contributed by atoms with Crippen LogP contribution in [0.1, 0.15) is 25.1 Å². The minimum absolute atomic E-state index is 0.140. The van der Waals surface area contributed by atoms with E-state index in [9.17, 15) is 9.59 Å². The first-order chi connectivity index (χ1) is 15.2. The number of benzene rings is 1. The van der Waals surface area contributed by atoms with Gasteiger partial charge in [-0.15, -0.1) is 11.3 Å². The molecule has 174 valence electrons. The summed E-state index contributed by atoms with van der Waals surface area (Å²) < 4.78 is 4.97. The predicted molar refractivity (Wildman–Crippen MR) is 130 cm³/mol. The fourth-order valence-electron chi connectivity index (χ4n) is 3.71. The van der Waals surface area contributed by atoms with Crippen molar-refractivity contribution in [2.45, 2.75) is 32.7 Å². The molecule has 0 radical (unpaired) electrons. The fraction of sp³-hybridized carbons (Fsp3) is 0.500. The van der Waals surface area contributed by atoms with E-state index < -0.39 is 12.0 Å². The number of rotatable bonds is 7. The van der Waals surface area contributed by atoms with Crippen LogP contribution in [0.3, 0.4) is 0 Å². The second-order valence-electron chi connectivity index (χ2n) is 8.11. The maximum Gasteiger partial charge on any atom is 0.330 e. The summed E-state index contributed by atoms with van der Waals surface area (Å²) in [5, 5.41) is 1.78. The lowest BCUT2D eigenvalue weighted by molar-refractivity contribution is -0.153. The van der Waals surface area contributed by atoms with E-state index in [1.54, 1.807) is 22.3 Å². The lowest BCUT2D eigenvalue weighted by Gasteiger charge is -2.39. The molecule has 2 heterocycles. The van der Waals surface area contributed by atoms with Crippen LogP contribution in [0.15, 0.2) is 18.2 Å². The smallest absolute Gasteiger partial charge is 0.330 e. The van der Waals surface area contributed by atoms with Gasteiger partial charge in [-0.2, -0.15) is 0 Å². The number of hydrogen-bond acceptors (Lipinski definition) is 7. The van der Waals surface area contributed by atoms with Crippen LogP contribution in [0.25, 0.3) is 11.3 Å². The van der Waals surface area contributed by atoms with Gasteiger partial charge < -0.3 is 20.3 Å². The SMILES string of the molecule is COC(=O)C1CN(c2nc(-c3ccc(Cl)c(Cl)c3)c(CC(C)C)s2)CCN1C(=O)CCN. The molecule has 1 unspecified atom stereocenters. The van der Waals surface area contributed by atoms with E-state index in [1.165, 1.54) is 7.11 Å². The molecule has 0 spiro atoms. The molecule has 1 aromatic carbocycles. The van der Waals surface area contributed by atoms with Gasteiger partial charge in [0.15, 0.2) is 5.13 Å². The summed E-state index contributed by atoms with van der Waals surface area (Å²) in [6.45, 7) is 5.85. The Hall–Kier alpha value is -1.87. The largest absolute Gasteiger partial charge is 0.467 e. The Bertz CT molecular complexity index is 982. The van der Waals surface area contributed by atoms with Gasteiger partial charge in [0.2, 0.25) is 5.91 Å². The molecular weight excluding hydrogens is 471 g/mol. The Morgan fingerprint density at radius 3 is 2.66 bits per heavy atom. The van der Waals surface area contributed by atoms with Crippen molar-refractivity contribution in [1.29, 1.82) is 0 Å². The third kappa shape index (κ3) is 5.54. The number of carbonyl (C=O) groups is 2. The van der Waals surface area contributed by atoms with Gasteiger partial charge in [0.25, 0.3) is 0 Å². The van der Waals surface area contributed by atoms with Crippen molar-refractivity contribution in [3.63, 3.8) is 0 Å². The number of ether oxygens (including phenoxy) is 1. The van der Waals surface area contributed by atoms with Crippen molar-refractivity contribution in [2.24, 2.45) is 11.7 Å². The number of methoxy groups -OCH3 is 1. The second-order valence-corrected chi connectivity index (χ2v) is 9.98. The van der Waals surface area contributed by atoms with E-state index in [0.717, 1.165) is 27.7 Å². The van der Waals surface area contributed by atoms with Crippen LogP contribution >= 0.6 is 34.5 Å². The van der Waals surface area contributed by atoms with Crippen molar-refractivity contribution >= 4 is 51.5 Å². The number of nitrogens with two attached hydrogens (primary N) is 1. The summed E-state index contributed by atoms with van der Waals surface area (Å²) in [6, 6.07) is 4.82. The average Bonchev–Trinajstić information content (AvgIpc) is 3.17. The molecule has 10 heteroatoms. The molecule has 1 fully saturated rings. The molecule has 1 atom stereocenters. The minimum Gasteiger partial charge on any atom is -0.467 e. The van der Waals surface area contributed by atoms with Gasteiger partial charge in [0.1, 0.15) is 6.04 Å². The number of anilines is 1. The van der Waals surface area contributed by atoms with Crippen LogP contribution in [0, 0.1) is 5.92 Å². The Morgan fingerprint density at radius 2 is 2.03 bits per heavy atom. The number of nitrogens with zero attached hydrogens (tertiary/aromatic N) is 3. The van der Waals surface area contributed by atoms with Gasteiger partial charge in [-0.1, -0.05) is 43.1 Å². The third-order valence-corrected chi connectivity index (χ3v) is 7.15. The molecule has 1 saturated heterocycles. The molecule has 2 N–H and O–H groups in total. The number of halogens is 2. The van der Waals surface area contributed by atoms with E-state index in [-0.39, 0.29) is 18.9 Å². The molecule has 1 aliphatic rings. The van der Waals surface area contributed by atoms with Crippen LogP contribution in [-0.2, 0) is 20.7 Å². The van der Waals surface area contributed by atoms with E-state index in [0.29, 0.717) is 35.6 Å². The first kappa shape index (κ1) is 24.8. The Labute approximate surface area is 202 Å². The normalized spacial score (nSPS) is 16.5. The molecule has 32 heavy (non-hydrogen) atoms. The summed E-state index contributed by atoms with van der Waals surface area (Å²) in [5.74, 6) is -0.138. The van der Waals surface area contributed by atoms with Crippen LogP contribution < -0.4 is 10.6 Å². The van der Waals surface area contributed by atoms with Crippen molar-refractivity contribution in [3.05, 3.63) is 33.1 Å². The number of carbonyl (C=O) groups excluding carboxylic acids is 2. The number of hydrogen-bond donors (Lipinski definition) is 1. The number of piperazine rings is 1. The lowest BCUT2D eigenvalue weighted by Crippen LogP contribution is -2.58. The first-order valence-corrected chi connectivity index (χ1v) is 12.1. The zero-order chi connectivity index (χ0) is 23.4. The molecule has 0 saturated carbocycles. The monoisotopic (exact) mass is 498 g/mol. The standard InChI is InChI=1S/C22H28Cl2N4O3S/c1-13(2)10-18-20(14-4-5-15(23)16(24)11-14)26-22(32-18)27-8-9-28(19(29)6-7-25)17(12-27)21(30)31-3/h4-5,11,13,17H,6-10,12,25H2,1-3H3. The van der Waals surface area contributed by atoms with Crippen LogP contribution in [0.4, 0.5) is 5.13 Å². The highest BCUT2D eigenvalue weighted by atomic mass is 35.5. The summed E-state index contributed by atoms with van der Waals surface area (Å²) >= 11 is 14.0. The van der Waals surface area contributed by atoms with Gasteiger partial charge in [-0.3, -0.25) is 4.79 Å². The molecule has 7 nitrogen and oxygen atoms in total. The highest BCUT2D eigenvalue weighted by Gasteiger charge is 2.37. The van der Waals surface area contributed by atoms with Crippen molar-refractivity contribution in [1.82, 2.24) is 9.88 Å². The molecule has 2 aromatic rings. The quantitative estimate of drug-likeness (QED) is 0.583. The lowest BCUT2D eigenvalue weighted by atomic mass is 10.0. The highest BCUT2D eigenvalue weighted by Crippen LogP contribution is 2.37. The van der Waals surface area contributed by atoms with Gasteiger partial charge in [-0.05, 0) is 24.5 Å². The summed E-state index contributed by atoms with van der Waals surface area (Å²) in [6.07, 6.45) is 1.06. The van der Waals surface area contributed by atoms with E-state index in [4.69, 9.17) is 38.7 Å². The van der Waals surface area contributed by atoms with Crippen LogP contribution in [-0.4, -0.2) is 61.1 Å². The van der Waals surface area contributed by atoms with Crippen LogP contribution in [0.5, 0.6) is 0 Å². The van der Waals surface area contributed by atoms with E-state index >= 15 is 0 Å². The van der Waals surface area contributed by atoms with E-state index in [2.05, 4.69) is 13.8 Å². The van der Waals surface area contributed by atoms with E-state index in [1.807, 2.05) is 17.0 Å². The molecular formula is C22H28Cl2N4O3S. The van der Waals surface area contributed by atoms with Gasteiger partial charge in [0.05, 0.1) is 29.4 Å². The zero-order valence-electron chi connectivity index (χ0n) is 18.4. The van der Waals surface area contributed by atoms with Crippen molar-refractivity contribution < 1.29 is 14.3 Å². The second kappa shape index (κ2) is 10.8. The van der Waals surface area contributed by atoms with Crippen LogP contribution in [0.2, 0.25) is 10.0 Å². The summed E-state index contributed by atoms with van der Waals surface area (Å²) in [5.41, 5.74) is 7.31.